The van der Waals surface area contributed by atoms with Crippen LogP contribution in [-0.2, 0) is 20.8 Å². The lowest BCUT2D eigenvalue weighted by molar-refractivity contribution is 0.381. The summed E-state index contributed by atoms with van der Waals surface area (Å²) in [6.07, 6.45) is 0. The van der Waals surface area contributed by atoms with Crippen LogP contribution < -0.4 is 19.8 Å². The normalized spacial score (nSPS) is 12.1. The molecule has 0 amide bonds. The summed E-state index contributed by atoms with van der Waals surface area (Å²) in [5, 5.41) is 0. The standard InChI is InChI=1S/C6H8N2O8S2/c7-3-1-5(15-17(9,10)11)4(8)2-6(3)16-18(12,13)14/h1-2H,7-8H2,(H,9,10,11)(H,12,13,14). The summed E-state index contributed by atoms with van der Waals surface area (Å²) in [6, 6.07) is 1.59. The summed E-state index contributed by atoms with van der Waals surface area (Å²) in [6.45, 7) is 0. The highest BCUT2D eigenvalue weighted by Crippen LogP contribution is 2.34. The van der Waals surface area contributed by atoms with E-state index in [1.807, 2.05) is 0 Å². The van der Waals surface area contributed by atoms with E-state index in [4.69, 9.17) is 20.6 Å². The lowest BCUT2D eigenvalue weighted by atomic mass is 10.2. The van der Waals surface area contributed by atoms with Gasteiger partial charge in [-0.25, -0.2) is 0 Å². The Labute approximate surface area is 102 Å². The molecule has 0 atom stereocenters. The molecule has 6 N–H and O–H groups in total. The predicted octanol–water partition coefficient (Wildman–Crippen LogP) is -0.786. The van der Waals surface area contributed by atoms with Crippen LogP contribution in [-0.4, -0.2) is 25.9 Å². The van der Waals surface area contributed by atoms with E-state index in [1.165, 1.54) is 0 Å². The molecule has 0 aromatic heterocycles. The van der Waals surface area contributed by atoms with Crippen LogP contribution in [0.3, 0.4) is 0 Å². The number of hydrogen-bond acceptors (Lipinski definition) is 8. The van der Waals surface area contributed by atoms with Gasteiger partial charge < -0.3 is 19.8 Å². The van der Waals surface area contributed by atoms with Gasteiger partial charge in [-0.1, -0.05) is 0 Å². The van der Waals surface area contributed by atoms with Gasteiger partial charge in [0.05, 0.1) is 11.4 Å². The highest BCUT2D eigenvalue weighted by Gasteiger charge is 2.16. The van der Waals surface area contributed by atoms with Crippen LogP contribution in [0.4, 0.5) is 11.4 Å². The van der Waals surface area contributed by atoms with Gasteiger partial charge in [-0.05, 0) is 0 Å². The van der Waals surface area contributed by atoms with Gasteiger partial charge in [0, 0.05) is 12.1 Å². The fourth-order valence-electron chi connectivity index (χ4n) is 0.963. The van der Waals surface area contributed by atoms with Gasteiger partial charge >= 0.3 is 20.8 Å². The molecule has 1 aromatic rings. The number of nitrogens with two attached hydrogens (primary N) is 2. The van der Waals surface area contributed by atoms with Gasteiger partial charge in [0.1, 0.15) is 0 Å². The minimum Gasteiger partial charge on any atom is -0.396 e. The maximum absolute atomic E-state index is 10.4. The Morgan fingerprint density at radius 1 is 0.833 bits per heavy atom. The first kappa shape index (κ1) is 14.3. The van der Waals surface area contributed by atoms with Crippen molar-refractivity contribution in [2.24, 2.45) is 0 Å². The van der Waals surface area contributed by atoms with Crippen LogP contribution in [0.15, 0.2) is 12.1 Å². The van der Waals surface area contributed by atoms with Crippen molar-refractivity contribution in [2.45, 2.75) is 0 Å². The van der Waals surface area contributed by atoms with Gasteiger partial charge in [-0.3, -0.25) is 9.11 Å². The molecule has 0 heterocycles. The molecule has 0 saturated heterocycles. The Kier molecular flexibility index (Phi) is 3.57. The van der Waals surface area contributed by atoms with E-state index in [9.17, 15) is 16.8 Å². The maximum Gasteiger partial charge on any atom is 0.446 e. The second-order valence-electron chi connectivity index (χ2n) is 2.95. The SMILES string of the molecule is Nc1cc(OS(=O)(=O)O)c(N)cc1OS(=O)(=O)O. The monoisotopic (exact) mass is 300 g/mol. The Morgan fingerprint density at radius 3 is 1.33 bits per heavy atom. The van der Waals surface area contributed by atoms with Gasteiger partial charge in [0.25, 0.3) is 0 Å². The highest BCUT2D eigenvalue weighted by molar-refractivity contribution is 7.81. The maximum atomic E-state index is 10.4. The first-order chi connectivity index (χ1) is 7.98. The van der Waals surface area contributed by atoms with Crippen LogP contribution in [0.2, 0.25) is 0 Å². The highest BCUT2D eigenvalue weighted by atomic mass is 32.3. The molecule has 1 rings (SSSR count). The molecule has 0 saturated carbocycles. The second-order valence-corrected chi connectivity index (χ2v) is 4.99. The topological polar surface area (TPSA) is 179 Å². The predicted molar refractivity (Wildman–Crippen MR) is 59.6 cm³/mol. The molecule has 0 bridgehead atoms. The van der Waals surface area contributed by atoms with E-state index in [0.29, 0.717) is 0 Å². The Balaban J connectivity index is 3.20. The molecule has 0 radical (unpaired) electrons. The van der Waals surface area contributed by atoms with Crippen molar-refractivity contribution < 1.29 is 34.3 Å². The molecule has 18 heavy (non-hydrogen) atoms. The molecule has 0 fully saturated rings. The van der Waals surface area contributed by atoms with Crippen molar-refractivity contribution in [3.8, 4) is 11.5 Å². The zero-order chi connectivity index (χ0) is 14.1. The van der Waals surface area contributed by atoms with E-state index in [0.717, 1.165) is 12.1 Å². The quantitative estimate of drug-likeness (QED) is 0.406. The van der Waals surface area contributed by atoms with E-state index >= 15 is 0 Å². The van der Waals surface area contributed by atoms with Crippen LogP contribution in [0, 0.1) is 0 Å². The number of anilines is 2. The minimum absolute atomic E-state index is 0.388. The molecule has 0 aliphatic carbocycles. The van der Waals surface area contributed by atoms with Crippen molar-refractivity contribution in [1.82, 2.24) is 0 Å². The second kappa shape index (κ2) is 4.49. The fourth-order valence-corrected chi connectivity index (χ4v) is 1.71. The summed E-state index contributed by atoms with van der Waals surface area (Å²) < 4.78 is 66.8. The Bertz CT molecular complexity index is 605. The molecule has 0 aliphatic rings. The summed E-state index contributed by atoms with van der Waals surface area (Å²) in [4.78, 5) is 0. The fraction of sp³-hybridized carbons (Fsp3) is 0. The number of nitrogen functional groups attached to an aromatic ring is 2. The molecule has 12 heteroatoms. The van der Waals surface area contributed by atoms with Crippen LogP contribution >= 0.6 is 0 Å². The average Bonchev–Trinajstić information content (AvgIpc) is 2.08. The molecule has 1 aromatic carbocycles. The number of rotatable bonds is 4. The zero-order valence-corrected chi connectivity index (χ0v) is 10.1. The lowest BCUT2D eigenvalue weighted by Crippen LogP contribution is -2.11. The molecule has 0 unspecified atom stereocenters. The Hall–Kier alpha value is -1.76. The molecular weight excluding hydrogens is 292 g/mol. The van der Waals surface area contributed by atoms with Crippen molar-refractivity contribution in [3.05, 3.63) is 12.1 Å². The smallest absolute Gasteiger partial charge is 0.396 e. The van der Waals surface area contributed by atoms with Crippen LogP contribution in [0.25, 0.3) is 0 Å². The zero-order valence-electron chi connectivity index (χ0n) is 8.47. The molecule has 0 spiro atoms. The third kappa shape index (κ3) is 4.25. The number of hydrogen-bond donors (Lipinski definition) is 4. The molecular formula is C6H8N2O8S2. The average molecular weight is 300 g/mol. The third-order valence-electron chi connectivity index (χ3n) is 1.53. The van der Waals surface area contributed by atoms with Gasteiger partial charge in [0.15, 0.2) is 11.5 Å². The summed E-state index contributed by atoms with van der Waals surface area (Å²) in [5.41, 5.74) is 9.83. The molecule has 10 nitrogen and oxygen atoms in total. The molecule has 102 valence electrons. The van der Waals surface area contributed by atoms with E-state index in [-0.39, 0.29) is 11.4 Å². The van der Waals surface area contributed by atoms with Gasteiger partial charge in [-0.2, -0.15) is 16.8 Å². The first-order valence-electron chi connectivity index (χ1n) is 4.01. The van der Waals surface area contributed by atoms with E-state index in [2.05, 4.69) is 8.37 Å². The van der Waals surface area contributed by atoms with Crippen molar-refractivity contribution in [3.63, 3.8) is 0 Å². The number of benzene rings is 1. The summed E-state index contributed by atoms with van der Waals surface area (Å²) in [5.74, 6) is -1.06. The van der Waals surface area contributed by atoms with E-state index < -0.39 is 32.3 Å². The third-order valence-corrected chi connectivity index (χ3v) is 2.31. The van der Waals surface area contributed by atoms with Crippen molar-refractivity contribution in [1.29, 1.82) is 0 Å². The summed E-state index contributed by atoms with van der Waals surface area (Å²) in [7, 11) is -9.62. The van der Waals surface area contributed by atoms with Gasteiger partial charge in [0.2, 0.25) is 0 Å². The summed E-state index contributed by atoms with van der Waals surface area (Å²) >= 11 is 0. The van der Waals surface area contributed by atoms with Crippen molar-refractivity contribution in [2.75, 3.05) is 11.5 Å². The Morgan fingerprint density at radius 2 is 1.11 bits per heavy atom. The van der Waals surface area contributed by atoms with Crippen LogP contribution in [0.5, 0.6) is 11.5 Å². The van der Waals surface area contributed by atoms with E-state index in [1.54, 1.807) is 0 Å². The lowest BCUT2D eigenvalue weighted by Gasteiger charge is -2.10. The van der Waals surface area contributed by atoms with Crippen LogP contribution in [0.1, 0.15) is 0 Å². The first-order valence-corrected chi connectivity index (χ1v) is 6.74. The van der Waals surface area contributed by atoms with Gasteiger partial charge in [-0.15, -0.1) is 0 Å². The minimum atomic E-state index is -4.81. The largest absolute Gasteiger partial charge is 0.446 e. The molecule has 0 aliphatic heterocycles. The van der Waals surface area contributed by atoms with Crippen molar-refractivity contribution >= 4 is 32.2 Å².